The molecule has 152 valence electrons. The van der Waals surface area contributed by atoms with Crippen LogP contribution in [0.4, 0.5) is 4.39 Å². The van der Waals surface area contributed by atoms with Crippen LogP contribution in [0.15, 0.2) is 18.2 Å². The number of ether oxygens (including phenoxy) is 2. The molecule has 3 aliphatic heterocycles. The topological polar surface area (TPSA) is 59.1 Å². The van der Waals surface area contributed by atoms with E-state index in [2.05, 4.69) is 0 Å². The first-order valence-electron chi connectivity index (χ1n) is 10.1. The van der Waals surface area contributed by atoms with Crippen LogP contribution < -0.4 is 0 Å². The van der Waals surface area contributed by atoms with Crippen LogP contribution in [0.25, 0.3) is 0 Å². The van der Waals surface area contributed by atoms with E-state index in [1.54, 1.807) is 17.9 Å². The molecule has 3 fully saturated rings. The van der Waals surface area contributed by atoms with Crippen LogP contribution in [0, 0.1) is 12.7 Å². The Morgan fingerprint density at radius 3 is 2.57 bits per heavy atom. The van der Waals surface area contributed by atoms with Crippen molar-refractivity contribution in [3.63, 3.8) is 0 Å². The standard InChI is InChI=1S/C21H27FN2O4/c1-15-11-16(13-17(22)12-15)19(25)23-6-4-21(5-7-23)14-24(8-10-28-21)20(26)18-3-2-9-27-18/h11-13,18H,2-10,14H2,1H3/t18-/m0/s1. The number of likely N-dealkylation sites (tertiary alicyclic amines) is 1. The highest BCUT2D eigenvalue weighted by atomic mass is 19.1. The number of carbonyl (C=O) groups excluding carboxylic acids is 2. The minimum Gasteiger partial charge on any atom is -0.371 e. The van der Waals surface area contributed by atoms with E-state index in [1.165, 1.54) is 12.1 Å². The number of rotatable bonds is 2. The summed E-state index contributed by atoms with van der Waals surface area (Å²) in [5.74, 6) is -0.481. The summed E-state index contributed by atoms with van der Waals surface area (Å²) in [4.78, 5) is 29.1. The van der Waals surface area contributed by atoms with Gasteiger partial charge in [0.05, 0.1) is 12.2 Å². The summed E-state index contributed by atoms with van der Waals surface area (Å²) in [5, 5.41) is 0. The van der Waals surface area contributed by atoms with E-state index < -0.39 is 11.4 Å². The third-order valence-corrected chi connectivity index (χ3v) is 6.02. The van der Waals surface area contributed by atoms with Crippen molar-refractivity contribution >= 4 is 11.8 Å². The fraction of sp³-hybridized carbons (Fsp3) is 0.619. The molecule has 1 aromatic rings. The molecule has 1 aromatic carbocycles. The Hall–Kier alpha value is -1.99. The Bertz CT molecular complexity index is 735. The number of piperidine rings is 1. The van der Waals surface area contributed by atoms with Gasteiger partial charge in [0.15, 0.2) is 0 Å². The van der Waals surface area contributed by atoms with E-state index in [-0.39, 0.29) is 17.9 Å². The number of hydrogen-bond acceptors (Lipinski definition) is 4. The zero-order valence-electron chi connectivity index (χ0n) is 16.3. The molecule has 4 rings (SSSR count). The summed E-state index contributed by atoms with van der Waals surface area (Å²) < 4.78 is 25.3. The van der Waals surface area contributed by atoms with E-state index in [1.807, 2.05) is 4.90 Å². The van der Waals surface area contributed by atoms with Crippen molar-refractivity contribution in [2.75, 3.05) is 39.4 Å². The SMILES string of the molecule is Cc1cc(F)cc(C(=O)N2CCC3(CC2)CN(C(=O)[C@@H]2CCCO2)CCO3)c1. The summed E-state index contributed by atoms with van der Waals surface area (Å²) in [5.41, 5.74) is 0.713. The molecule has 3 heterocycles. The van der Waals surface area contributed by atoms with E-state index >= 15 is 0 Å². The van der Waals surface area contributed by atoms with Crippen LogP contribution in [-0.4, -0.2) is 72.7 Å². The molecule has 0 bridgehead atoms. The summed E-state index contributed by atoms with van der Waals surface area (Å²) >= 11 is 0. The minimum absolute atomic E-state index is 0.0638. The average Bonchev–Trinajstić information content (AvgIpc) is 3.21. The number of aryl methyl sites for hydroxylation is 1. The second kappa shape index (κ2) is 7.79. The van der Waals surface area contributed by atoms with Crippen LogP contribution in [-0.2, 0) is 14.3 Å². The number of nitrogens with zero attached hydrogens (tertiary/aromatic N) is 2. The smallest absolute Gasteiger partial charge is 0.253 e. The van der Waals surface area contributed by atoms with Gasteiger partial charge in [0.2, 0.25) is 0 Å². The van der Waals surface area contributed by atoms with Crippen molar-refractivity contribution in [3.8, 4) is 0 Å². The van der Waals surface area contributed by atoms with Crippen molar-refractivity contribution in [2.24, 2.45) is 0 Å². The lowest BCUT2D eigenvalue weighted by Gasteiger charge is -2.47. The maximum Gasteiger partial charge on any atom is 0.253 e. The normalized spacial score (nSPS) is 24.6. The Labute approximate surface area is 164 Å². The van der Waals surface area contributed by atoms with Crippen molar-refractivity contribution < 1.29 is 23.5 Å². The van der Waals surface area contributed by atoms with E-state index in [4.69, 9.17) is 9.47 Å². The molecule has 0 N–H and O–H groups in total. The fourth-order valence-corrected chi connectivity index (χ4v) is 4.47. The van der Waals surface area contributed by atoms with Crippen LogP contribution in [0.3, 0.4) is 0 Å². The van der Waals surface area contributed by atoms with Crippen LogP contribution in [0.1, 0.15) is 41.6 Å². The van der Waals surface area contributed by atoms with Gasteiger partial charge in [0.1, 0.15) is 11.9 Å². The van der Waals surface area contributed by atoms with Gasteiger partial charge in [-0.25, -0.2) is 4.39 Å². The molecular formula is C21H27FN2O4. The monoisotopic (exact) mass is 390 g/mol. The number of morpholine rings is 1. The van der Waals surface area contributed by atoms with Crippen molar-refractivity contribution in [3.05, 3.63) is 35.1 Å². The summed E-state index contributed by atoms with van der Waals surface area (Å²) in [6.45, 7) is 5.16. The molecule has 0 unspecified atom stereocenters. The zero-order valence-corrected chi connectivity index (χ0v) is 16.3. The van der Waals surface area contributed by atoms with Gasteiger partial charge in [0, 0.05) is 38.3 Å². The number of halogens is 1. The maximum absolute atomic E-state index is 13.6. The Kier molecular flexibility index (Phi) is 5.38. The van der Waals surface area contributed by atoms with Gasteiger partial charge < -0.3 is 19.3 Å². The molecule has 6 nitrogen and oxygen atoms in total. The second-order valence-electron chi connectivity index (χ2n) is 8.10. The van der Waals surface area contributed by atoms with Gasteiger partial charge in [-0.15, -0.1) is 0 Å². The summed E-state index contributed by atoms with van der Waals surface area (Å²) in [6, 6.07) is 4.42. The minimum atomic E-state index is -0.402. The van der Waals surface area contributed by atoms with Crippen molar-refractivity contribution in [2.45, 2.75) is 44.3 Å². The number of benzene rings is 1. The molecule has 0 saturated carbocycles. The molecule has 0 radical (unpaired) electrons. The summed E-state index contributed by atoms with van der Waals surface area (Å²) in [7, 11) is 0. The first-order valence-corrected chi connectivity index (χ1v) is 10.1. The lowest BCUT2D eigenvalue weighted by Crippen LogP contribution is -2.59. The fourth-order valence-electron chi connectivity index (χ4n) is 4.47. The van der Waals surface area contributed by atoms with Gasteiger partial charge in [-0.2, -0.15) is 0 Å². The molecule has 0 aromatic heterocycles. The first-order chi connectivity index (χ1) is 13.5. The summed E-state index contributed by atoms with van der Waals surface area (Å²) in [6.07, 6.45) is 2.75. The van der Waals surface area contributed by atoms with Crippen molar-refractivity contribution in [1.29, 1.82) is 0 Å². The van der Waals surface area contributed by atoms with Crippen LogP contribution in [0.5, 0.6) is 0 Å². The van der Waals surface area contributed by atoms with Gasteiger partial charge in [-0.1, -0.05) is 0 Å². The highest BCUT2D eigenvalue weighted by molar-refractivity contribution is 5.94. The van der Waals surface area contributed by atoms with Crippen LogP contribution >= 0.6 is 0 Å². The largest absolute Gasteiger partial charge is 0.371 e. The quantitative estimate of drug-likeness (QED) is 0.777. The van der Waals surface area contributed by atoms with E-state index in [0.29, 0.717) is 57.8 Å². The zero-order chi connectivity index (χ0) is 19.7. The third kappa shape index (κ3) is 3.91. The lowest BCUT2D eigenvalue weighted by atomic mass is 9.88. The van der Waals surface area contributed by atoms with Gasteiger partial charge in [-0.05, 0) is 56.4 Å². The molecule has 7 heteroatoms. The highest BCUT2D eigenvalue weighted by Crippen LogP contribution is 2.31. The van der Waals surface area contributed by atoms with E-state index in [9.17, 15) is 14.0 Å². The molecule has 1 atom stereocenters. The number of hydrogen-bond donors (Lipinski definition) is 0. The molecule has 0 aliphatic carbocycles. The van der Waals surface area contributed by atoms with Crippen molar-refractivity contribution in [1.82, 2.24) is 9.80 Å². The predicted octanol–water partition coefficient (Wildman–Crippen LogP) is 2.15. The molecule has 2 amide bonds. The highest BCUT2D eigenvalue weighted by Gasteiger charge is 2.43. The Balaban J connectivity index is 1.38. The number of carbonyl (C=O) groups is 2. The molecular weight excluding hydrogens is 363 g/mol. The first kappa shape index (κ1) is 19.3. The average molecular weight is 390 g/mol. The predicted molar refractivity (Wildman–Crippen MR) is 101 cm³/mol. The Morgan fingerprint density at radius 2 is 1.89 bits per heavy atom. The maximum atomic E-state index is 13.6. The molecule has 3 saturated heterocycles. The van der Waals surface area contributed by atoms with Gasteiger partial charge in [0.25, 0.3) is 11.8 Å². The molecule has 3 aliphatic rings. The number of amides is 2. The molecule has 1 spiro atoms. The van der Waals surface area contributed by atoms with Gasteiger partial charge >= 0.3 is 0 Å². The van der Waals surface area contributed by atoms with E-state index in [0.717, 1.165) is 18.4 Å². The molecule has 28 heavy (non-hydrogen) atoms. The Morgan fingerprint density at radius 1 is 1.11 bits per heavy atom. The second-order valence-corrected chi connectivity index (χ2v) is 8.10. The third-order valence-electron chi connectivity index (χ3n) is 6.02. The van der Waals surface area contributed by atoms with Crippen LogP contribution in [0.2, 0.25) is 0 Å². The van der Waals surface area contributed by atoms with Gasteiger partial charge in [-0.3, -0.25) is 9.59 Å². The lowest BCUT2D eigenvalue weighted by molar-refractivity contribution is -0.165.